The summed E-state index contributed by atoms with van der Waals surface area (Å²) in [5.74, 6) is 1.09. The minimum Gasteiger partial charge on any atom is -0.383 e. The Labute approximate surface area is 140 Å². The van der Waals surface area contributed by atoms with E-state index in [1.165, 1.54) is 25.7 Å². The summed E-state index contributed by atoms with van der Waals surface area (Å²) in [6, 6.07) is 1.15. The van der Waals surface area contributed by atoms with Gasteiger partial charge in [-0.2, -0.15) is 0 Å². The van der Waals surface area contributed by atoms with Crippen molar-refractivity contribution >= 4 is 5.91 Å². The van der Waals surface area contributed by atoms with Crippen LogP contribution in [0.15, 0.2) is 0 Å². The van der Waals surface area contributed by atoms with Gasteiger partial charge in [-0.25, -0.2) is 0 Å². The third-order valence-corrected chi connectivity index (χ3v) is 6.13. The van der Waals surface area contributed by atoms with Gasteiger partial charge in [0.2, 0.25) is 5.91 Å². The highest BCUT2D eigenvalue weighted by Crippen LogP contribution is 2.33. The number of rotatable bonds is 5. The van der Waals surface area contributed by atoms with Crippen LogP contribution in [0.4, 0.5) is 0 Å². The molecule has 132 valence electrons. The lowest BCUT2D eigenvalue weighted by molar-refractivity contribution is -0.136. The van der Waals surface area contributed by atoms with E-state index in [1.807, 2.05) is 0 Å². The summed E-state index contributed by atoms with van der Waals surface area (Å²) in [6.07, 6.45) is 7.40. The molecule has 5 heteroatoms. The van der Waals surface area contributed by atoms with Gasteiger partial charge in [-0.05, 0) is 31.6 Å². The summed E-state index contributed by atoms with van der Waals surface area (Å²) in [4.78, 5) is 17.5. The van der Waals surface area contributed by atoms with Crippen molar-refractivity contribution in [2.45, 2.75) is 63.6 Å². The average Bonchev–Trinajstić information content (AvgIpc) is 3.03. The van der Waals surface area contributed by atoms with Gasteiger partial charge in [-0.1, -0.05) is 19.8 Å². The zero-order valence-electron chi connectivity index (χ0n) is 14.8. The Morgan fingerprint density at radius 2 is 2.09 bits per heavy atom. The summed E-state index contributed by atoms with van der Waals surface area (Å²) in [7, 11) is 1.76. The van der Waals surface area contributed by atoms with Crippen LogP contribution >= 0.6 is 0 Å². The van der Waals surface area contributed by atoms with Gasteiger partial charge >= 0.3 is 0 Å². The molecule has 0 aromatic heterocycles. The summed E-state index contributed by atoms with van der Waals surface area (Å²) in [6.45, 7) is 6.70. The van der Waals surface area contributed by atoms with Gasteiger partial charge in [-0.15, -0.1) is 0 Å². The highest BCUT2D eigenvalue weighted by Gasteiger charge is 2.40. The van der Waals surface area contributed by atoms with Crippen LogP contribution in [0.1, 0.15) is 45.4 Å². The van der Waals surface area contributed by atoms with Crippen molar-refractivity contribution in [1.82, 2.24) is 15.1 Å². The molecule has 4 unspecified atom stereocenters. The Morgan fingerprint density at radius 3 is 2.83 bits per heavy atom. The Hall–Kier alpha value is -0.650. The molecule has 1 N–H and O–H groups in total. The second kappa shape index (κ2) is 7.95. The number of hydrogen-bond donors (Lipinski definition) is 1. The van der Waals surface area contributed by atoms with Crippen LogP contribution in [-0.4, -0.2) is 73.7 Å². The third-order valence-electron chi connectivity index (χ3n) is 6.13. The van der Waals surface area contributed by atoms with E-state index in [2.05, 4.69) is 22.0 Å². The molecule has 2 aliphatic heterocycles. The first-order valence-corrected chi connectivity index (χ1v) is 9.50. The lowest BCUT2D eigenvalue weighted by Crippen LogP contribution is -2.58. The fourth-order valence-corrected chi connectivity index (χ4v) is 4.71. The zero-order chi connectivity index (χ0) is 16.2. The fourth-order valence-electron chi connectivity index (χ4n) is 4.71. The number of hydrogen-bond acceptors (Lipinski definition) is 4. The summed E-state index contributed by atoms with van der Waals surface area (Å²) in [5.41, 5.74) is 0. The van der Waals surface area contributed by atoms with E-state index in [0.29, 0.717) is 18.0 Å². The molecule has 3 aliphatic rings. The maximum atomic E-state index is 12.9. The van der Waals surface area contributed by atoms with Crippen molar-refractivity contribution in [3.8, 4) is 0 Å². The van der Waals surface area contributed by atoms with Crippen molar-refractivity contribution in [1.29, 1.82) is 0 Å². The molecule has 0 spiro atoms. The largest absolute Gasteiger partial charge is 0.383 e. The van der Waals surface area contributed by atoms with E-state index < -0.39 is 0 Å². The fraction of sp³-hybridized carbons (Fsp3) is 0.944. The molecular weight excluding hydrogens is 290 g/mol. The molecule has 23 heavy (non-hydrogen) atoms. The number of nitrogens with one attached hydrogen (secondary N) is 1. The topological polar surface area (TPSA) is 44.8 Å². The first-order chi connectivity index (χ1) is 11.2. The van der Waals surface area contributed by atoms with Crippen LogP contribution in [0.5, 0.6) is 0 Å². The predicted molar refractivity (Wildman–Crippen MR) is 91.4 cm³/mol. The van der Waals surface area contributed by atoms with E-state index in [4.69, 9.17) is 4.74 Å². The second-order valence-corrected chi connectivity index (χ2v) is 7.48. The molecule has 2 saturated heterocycles. The molecule has 1 aliphatic carbocycles. The Morgan fingerprint density at radius 1 is 1.26 bits per heavy atom. The SMILES string of the molecule is CCC1CN(C(=O)C2CC3CCCCC3N2)CCN1CCOC. The molecule has 0 bridgehead atoms. The summed E-state index contributed by atoms with van der Waals surface area (Å²) >= 11 is 0. The van der Waals surface area contributed by atoms with Crippen molar-refractivity contribution in [2.75, 3.05) is 39.9 Å². The van der Waals surface area contributed by atoms with Gasteiger partial charge in [0.15, 0.2) is 0 Å². The number of methoxy groups -OCH3 is 1. The Balaban J connectivity index is 1.54. The van der Waals surface area contributed by atoms with E-state index in [9.17, 15) is 4.79 Å². The molecule has 3 fully saturated rings. The Bertz CT molecular complexity index is 390. The molecule has 4 atom stereocenters. The molecule has 2 heterocycles. The van der Waals surface area contributed by atoms with Gasteiger partial charge < -0.3 is 15.0 Å². The van der Waals surface area contributed by atoms with Crippen molar-refractivity contribution in [3.05, 3.63) is 0 Å². The molecule has 1 saturated carbocycles. The normalized spacial score (nSPS) is 35.3. The molecule has 3 rings (SSSR count). The number of carbonyl (C=O) groups excluding carboxylic acids is 1. The number of fused-ring (bicyclic) bond motifs is 1. The highest BCUT2D eigenvalue weighted by molar-refractivity contribution is 5.82. The standard InChI is InChI=1S/C18H33N3O2/c1-3-15-13-21(9-8-20(15)10-11-23-2)18(22)17-12-14-6-4-5-7-16(14)19-17/h14-17,19H,3-13H2,1-2H3. The van der Waals surface area contributed by atoms with Crippen molar-refractivity contribution in [3.63, 3.8) is 0 Å². The number of piperazine rings is 1. The molecule has 0 aromatic rings. The first-order valence-electron chi connectivity index (χ1n) is 9.50. The first kappa shape index (κ1) is 17.2. The van der Waals surface area contributed by atoms with Crippen molar-refractivity contribution in [2.24, 2.45) is 5.92 Å². The Kier molecular flexibility index (Phi) is 5.94. The summed E-state index contributed by atoms with van der Waals surface area (Å²) < 4.78 is 5.21. The quantitative estimate of drug-likeness (QED) is 0.832. The smallest absolute Gasteiger partial charge is 0.239 e. The minimum atomic E-state index is 0.0751. The maximum absolute atomic E-state index is 12.9. The van der Waals surface area contributed by atoms with Gasteiger partial charge in [0.1, 0.15) is 0 Å². The van der Waals surface area contributed by atoms with Gasteiger partial charge in [-0.3, -0.25) is 9.69 Å². The second-order valence-electron chi connectivity index (χ2n) is 7.48. The zero-order valence-corrected chi connectivity index (χ0v) is 14.8. The minimum absolute atomic E-state index is 0.0751. The van der Waals surface area contributed by atoms with E-state index >= 15 is 0 Å². The van der Waals surface area contributed by atoms with Gasteiger partial charge in [0, 0.05) is 45.4 Å². The molecule has 1 amide bonds. The number of carbonyl (C=O) groups is 1. The monoisotopic (exact) mass is 323 g/mol. The van der Waals surface area contributed by atoms with E-state index in [1.54, 1.807) is 7.11 Å². The maximum Gasteiger partial charge on any atom is 0.239 e. The van der Waals surface area contributed by atoms with Crippen LogP contribution in [0.3, 0.4) is 0 Å². The summed E-state index contributed by atoms with van der Waals surface area (Å²) in [5, 5.41) is 3.64. The average molecular weight is 323 g/mol. The molecule has 5 nitrogen and oxygen atoms in total. The molecule has 0 aromatic carbocycles. The van der Waals surface area contributed by atoms with Gasteiger partial charge in [0.25, 0.3) is 0 Å². The number of amides is 1. The predicted octanol–water partition coefficient (Wildman–Crippen LogP) is 1.48. The van der Waals surface area contributed by atoms with E-state index in [-0.39, 0.29) is 6.04 Å². The van der Waals surface area contributed by atoms with Crippen LogP contribution in [0.2, 0.25) is 0 Å². The van der Waals surface area contributed by atoms with Crippen LogP contribution in [0.25, 0.3) is 0 Å². The highest BCUT2D eigenvalue weighted by atomic mass is 16.5. The van der Waals surface area contributed by atoms with E-state index in [0.717, 1.165) is 51.5 Å². The third kappa shape index (κ3) is 3.89. The molecular formula is C18H33N3O2. The molecule has 0 radical (unpaired) electrons. The van der Waals surface area contributed by atoms with Gasteiger partial charge in [0.05, 0.1) is 12.6 Å². The lowest BCUT2D eigenvalue weighted by Gasteiger charge is -2.42. The number of ether oxygens (including phenoxy) is 1. The van der Waals surface area contributed by atoms with Crippen LogP contribution in [0, 0.1) is 5.92 Å². The lowest BCUT2D eigenvalue weighted by atomic mass is 9.85. The van der Waals surface area contributed by atoms with Crippen molar-refractivity contribution < 1.29 is 9.53 Å². The van der Waals surface area contributed by atoms with Crippen LogP contribution in [-0.2, 0) is 9.53 Å². The van der Waals surface area contributed by atoms with Crippen LogP contribution < -0.4 is 5.32 Å². The number of nitrogens with zero attached hydrogens (tertiary/aromatic N) is 2.